The van der Waals surface area contributed by atoms with Gasteiger partial charge in [-0.2, -0.15) is 0 Å². The van der Waals surface area contributed by atoms with Gasteiger partial charge in [0.15, 0.2) is 17.5 Å². The number of methoxy groups -OCH3 is 1. The van der Waals surface area contributed by atoms with Crippen LogP contribution in [0.25, 0.3) is 0 Å². The van der Waals surface area contributed by atoms with E-state index in [9.17, 15) is 5.11 Å². The summed E-state index contributed by atoms with van der Waals surface area (Å²) in [7, 11) is 1.55. The molecule has 0 unspecified atom stereocenters. The van der Waals surface area contributed by atoms with Crippen LogP contribution in [-0.2, 0) is 13.1 Å². The molecule has 0 radical (unpaired) electrons. The molecule has 158 valence electrons. The molecule has 0 atom stereocenters. The van der Waals surface area contributed by atoms with Crippen LogP contribution in [0.3, 0.4) is 0 Å². The van der Waals surface area contributed by atoms with E-state index in [1.165, 1.54) is 5.56 Å². The van der Waals surface area contributed by atoms with Crippen LogP contribution in [0.4, 0.5) is 0 Å². The monoisotopic (exact) mass is 510 g/mol. The van der Waals surface area contributed by atoms with Crippen LogP contribution in [0.2, 0.25) is 0 Å². The van der Waals surface area contributed by atoms with E-state index in [2.05, 4.69) is 52.4 Å². The summed E-state index contributed by atoms with van der Waals surface area (Å²) >= 11 is 0. The van der Waals surface area contributed by atoms with Crippen molar-refractivity contribution >= 4 is 29.9 Å². The quantitative estimate of drug-likeness (QED) is 0.355. The van der Waals surface area contributed by atoms with Gasteiger partial charge in [0.1, 0.15) is 0 Å². The lowest BCUT2D eigenvalue weighted by molar-refractivity contribution is 0.172. The lowest BCUT2D eigenvalue weighted by Gasteiger charge is -2.36. The molecule has 2 aromatic carbocycles. The first-order chi connectivity index (χ1) is 13.7. The molecule has 1 aliphatic heterocycles. The lowest BCUT2D eigenvalue weighted by atomic mass is 10.2. The Morgan fingerprint density at radius 1 is 1.07 bits per heavy atom. The average Bonchev–Trinajstić information content (AvgIpc) is 2.73. The highest BCUT2D eigenvalue weighted by Gasteiger charge is 2.19. The van der Waals surface area contributed by atoms with Crippen LogP contribution in [0.5, 0.6) is 11.5 Å². The van der Waals surface area contributed by atoms with Crippen LogP contribution >= 0.6 is 24.0 Å². The van der Waals surface area contributed by atoms with Crippen molar-refractivity contribution in [3.63, 3.8) is 0 Å². The van der Waals surface area contributed by atoms with Gasteiger partial charge in [-0.3, -0.25) is 4.90 Å². The molecule has 0 bridgehead atoms. The summed E-state index contributed by atoms with van der Waals surface area (Å²) < 4.78 is 5.10. The van der Waals surface area contributed by atoms with E-state index in [0.717, 1.165) is 50.8 Å². The number of rotatable bonds is 6. The van der Waals surface area contributed by atoms with Gasteiger partial charge in [0.2, 0.25) is 0 Å². The Morgan fingerprint density at radius 3 is 2.41 bits per heavy atom. The Bertz CT molecular complexity index is 778. The lowest BCUT2D eigenvalue weighted by Crippen LogP contribution is -2.52. The van der Waals surface area contributed by atoms with Crippen molar-refractivity contribution in [3.8, 4) is 11.5 Å². The molecule has 0 amide bonds. The molecule has 0 saturated carbocycles. The molecule has 0 aromatic heterocycles. The molecular formula is C22H31IN4O2. The predicted octanol–water partition coefficient (Wildman–Crippen LogP) is 3.30. The van der Waals surface area contributed by atoms with Gasteiger partial charge in [-0.1, -0.05) is 36.4 Å². The maximum absolute atomic E-state index is 9.95. The minimum atomic E-state index is 0. The van der Waals surface area contributed by atoms with Gasteiger partial charge in [0.05, 0.1) is 13.7 Å². The van der Waals surface area contributed by atoms with Crippen molar-refractivity contribution in [1.29, 1.82) is 0 Å². The van der Waals surface area contributed by atoms with Crippen LogP contribution in [0, 0.1) is 0 Å². The van der Waals surface area contributed by atoms with Gasteiger partial charge in [0.25, 0.3) is 0 Å². The number of aliphatic imine (C=N–C) groups is 1. The SMILES string of the molecule is CCNC(=NCc1ccc(OC)c(O)c1)N1CCN(Cc2ccccc2)CC1.I. The molecule has 0 spiro atoms. The molecular weight excluding hydrogens is 479 g/mol. The maximum Gasteiger partial charge on any atom is 0.194 e. The zero-order chi connectivity index (χ0) is 19.8. The third kappa shape index (κ3) is 6.78. The van der Waals surface area contributed by atoms with Gasteiger partial charge >= 0.3 is 0 Å². The van der Waals surface area contributed by atoms with E-state index in [4.69, 9.17) is 9.73 Å². The normalized spacial score (nSPS) is 15.0. The van der Waals surface area contributed by atoms with Gasteiger partial charge in [-0.05, 0) is 30.2 Å². The second-order valence-corrected chi connectivity index (χ2v) is 6.93. The highest BCUT2D eigenvalue weighted by atomic mass is 127. The third-order valence-corrected chi connectivity index (χ3v) is 4.91. The van der Waals surface area contributed by atoms with E-state index >= 15 is 0 Å². The standard InChI is InChI=1S/C22H30N4O2.HI/c1-3-23-22(24-16-19-9-10-21(28-2)20(27)15-19)26-13-11-25(12-14-26)17-18-7-5-4-6-8-18;/h4-10,15,27H,3,11-14,16-17H2,1-2H3,(H,23,24);1H. The van der Waals surface area contributed by atoms with Crippen molar-refractivity contribution in [3.05, 3.63) is 59.7 Å². The van der Waals surface area contributed by atoms with E-state index in [0.29, 0.717) is 12.3 Å². The summed E-state index contributed by atoms with van der Waals surface area (Å²) in [4.78, 5) is 9.57. The van der Waals surface area contributed by atoms with E-state index < -0.39 is 0 Å². The number of guanidine groups is 1. The Morgan fingerprint density at radius 2 is 1.79 bits per heavy atom. The number of hydrogen-bond donors (Lipinski definition) is 2. The molecule has 1 aliphatic rings. The van der Waals surface area contributed by atoms with Crippen molar-refractivity contribution in [2.24, 2.45) is 4.99 Å². The molecule has 2 aromatic rings. The predicted molar refractivity (Wildman–Crippen MR) is 128 cm³/mol. The Kier molecular flexibility index (Phi) is 9.53. The Balaban J connectivity index is 0.00000300. The summed E-state index contributed by atoms with van der Waals surface area (Å²) in [5.74, 6) is 1.56. The first-order valence-electron chi connectivity index (χ1n) is 9.85. The Hall–Kier alpha value is -2.00. The van der Waals surface area contributed by atoms with Crippen LogP contribution in [0.15, 0.2) is 53.5 Å². The summed E-state index contributed by atoms with van der Waals surface area (Å²) in [5.41, 5.74) is 2.31. The number of benzene rings is 2. The number of phenols is 1. The fourth-order valence-corrected chi connectivity index (χ4v) is 3.39. The van der Waals surface area contributed by atoms with E-state index in [1.807, 2.05) is 6.07 Å². The summed E-state index contributed by atoms with van der Waals surface area (Å²) in [5, 5.41) is 13.3. The summed E-state index contributed by atoms with van der Waals surface area (Å²) in [6.07, 6.45) is 0. The second-order valence-electron chi connectivity index (χ2n) is 6.93. The Labute approximate surface area is 190 Å². The van der Waals surface area contributed by atoms with Crippen molar-refractivity contribution in [1.82, 2.24) is 15.1 Å². The number of nitrogens with one attached hydrogen (secondary N) is 1. The minimum absolute atomic E-state index is 0. The van der Waals surface area contributed by atoms with Crippen molar-refractivity contribution in [2.45, 2.75) is 20.0 Å². The van der Waals surface area contributed by atoms with Crippen LogP contribution in [0.1, 0.15) is 18.1 Å². The summed E-state index contributed by atoms with van der Waals surface area (Å²) in [6.45, 7) is 8.36. The number of halogens is 1. The molecule has 2 N–H and O–H groups in total. The minimum Gasteiger partial charge on any atom is -0.504 e. The largest absolute Gasteiger partial charge is 0.504 e. The van der Waals surface area contributed by atoms with Gasteiger partial charge < -0.3 is 20.1 Å². The maximum atomic E-state index is 9.95. The smallest absolute Gasteiger partial charge is 0.194 e. The molecule has 3 rings (SSSR count). The molecule has 29 heavy (non-hydrogen) atoms. The second kappa shape index (κ2) is 11.9. The number of ether oxygens (including phenoxy) is 1. The van der Waals surface area contributed by atoms with Crippen LogP contribution in [-0.4, -0.2) is 60.7 Å². The number of phenolic OH excluding ortho intramolecular Hbond substituents is 1. The molecule has 7 heteroatoms. The number of piperazine rings is 1. The molecule has 1 fully saturated rings. The fraction of sp³-hybridized carbons (Fsp3) is 0.409. The number of aromatic hydroxyl groups is 1. The van der Waals surface area contributed by atoms with Crippen LogP contribution < -0.4 is 10.1 Å². The zero-order valence-corrected chi connectivity index (χ0v) is 19.5. The van der Waals surface area contributed by atoms with Gasteiger partial charge in [0, 0.05) is 39.3 Å². The van der Waals surface area contributed by atoms with E-state index in [1.54, 1.807) is 19.2 Å². The molecule has 0 aliphatic carbocycles. The molecule has 1 heterocycles. The average molecular weight is 510 g/mol. The van der Waals surface area contributed by atoms with Gasteiger partial charge in [-0.25, -0.2) is 4.99 Å². The van der Waals surface area contributed by atoms with E-state index in [-0.39, 0.29) is 29.7 Å². The topological polar surface area (TPSA) is 60.3 Å². The van der Waals surface area contributed by atoms with Crippen molar-refractivity contribution in [2.75, 3.05) is 39.8 Å². The third-order valence-electron chi connectivity index (χ3n) is 4.91. The molecule has 1 saturated heterocycles. The zero-order valence-electron chi connectivity index (χ0n) is 17.2. The van der Waals surface area contributed by atoms with Crippen molar-refractivity contribution < 1.29 is 9.84 Å². The van der Waals surface area contributed by atoms with Gasteiger partial charge in [-0.15, -0.1) is 24.0 Å². The summed E-state index contributed by atoms with van der Waals surface area (Å²) in [6, 6.07) is 16.0. The highest BCUT2D eigenvalue weighted by Crippen LogP contribution is 2.26. The first-order valence-corrected chi connectivity index (χ1v) is 9.85. The number of hydrogen-bond acceptors (Lipinski definition) is 4. The highest BCUT2D eigenvalue weighted by molar-refractivity contribution is 14.0. The first kappa shape index (κ1) is 23.3. The molecule has 6 nitrogen and oxygen atoms in total. The fourth-order valence-electron chi connectivity index (χ4n) is 3.39. The number of nitrogens with zero attached hydrogens (tertiary/aromatic N) is 3.